The molecule has 1 aliphatic heterocycles. The lowest BCUT2D eigenvalue weighted by Crippen LogP contribution is -2.41. The van der Waals surface area contributed by atoms with Crippen LogP contribution in [-0.2, 0) is 24.8 Å². The van der Waals surface area contributed by atoms with Gasteiger partial charge >= 0.3 is 0 Å². The van der Waals surface area contributed by atoms with Crippen molar-refractivity contribution in [2.24, 2.45) is 12.0 Å². The average Bonchev–Trinajstić information content (AvgIpc) is 3.38. The van der Waals surface area contributed by atoms with Crippen LogP contribution in [-0.4, -0.2) is 76.5 Å². The van der Waals surface area contributed by atoms with Gasteiger partial charge in [0.25, 0.3) is 0 Å². The molecular formula is C23H34N8O. The summed E-state index contributed by atoms with van der Waals surface area (Å²) in [7, 11) is 1.97. The summed E-state index contributed by atoms with van der Waals surface area (Å²) in [5.41, 5.74) is 2.39. The molecule has 0 atom stereocenters. The van der Waals surface area contributed by atoms with Crippen LogP contribution in [0.5, 0.6) is 0 Å². The van der Waals surface area contributed by atoms with Crippen LogP contribution in [0.25, 0.3) is 10.9 Å². The van der Waals surface area contributed by atoms with Gasteiger partial charge in [0.15, 0.2) is 11.8 Å². The van der Waals surface area contributed by atoms with Gasteiger partial charge in [-0.15, -0.1) is 10.2 Å². The number of aromatic nitrogens is 4. The molecule has 172 valence electrons. The van der Waals surface area contributed by atoms with Crippen molar-refractivity contribution in [1.82, 2.24) is 35.3 Å². The number of hydrogen-bond donors (Lipinski definition) is 3. The Hall–Kier alpha value is -2.91. The number of rotatable bonds is 9. The number of nitrogens with one attached hydrogen (secondary N) is 3. The summed E-state index contributed by atoms with van der Waals surface area (Å²) in [6, 6.07) is 10.6. The molecule has 0 spiro atoms. The van der Waals surface area contributed by atoms with Crippen LogP contribution < -0.4 is 10.6 Å². The molecule has 1 aromatic carbocycles. The molecule has 9 nitrogen and oxygen atoms in total. The molecule has 9 heteroatoms. The van der Waals surface area contributed by atoms with E-state index in [1.165, 1.54) is 16.6 Å². The summed E-state index contributed by atoms with van der Waals surface area (Å²) < 4.78 is 7.40. The van der Waals surface area contributed by atoms with Crippen molar-refractivity contribution in [3.8, 4) is 0 Å². The van der Waals surface area contributed by atoms with Crippen molar-refractivity contribution < 1.29 is 4.74 Å². The molecule has 0 amide bonds. The van der Waals surface area contributed by atoms with Gasteiger partial charge in [0.1, 0.15) is 12.4 Å². The first-order chi connectivity index (χ1) is 15.7. The van der Waals surface area contributed by atoms with E-state index in [-0.39, 0.29) is 0 Å². The summed E-state index contributed by atoms with van der Waals surface area (Å²) in [6.45, 7) is 8.89. The van der Waals surface area contributed by atoms with Crippen LogP contribution in [0.4, 0.5) is 0 Å². The number of hydrogen-bond acceptors (Lipinski definition) is 5. The fourth-order valence-electron chi connectivity index (χ4n) is 3.83. The molecular weight excluding hydrogens is 404 g/mol. The molecule has 2 aromatic heterocycles. The van der Waals surface area contributed by atoms with Gasteiger partial charge in [-0.1, -0.05) is 18.2 Å². The van der Waals surface area contributed by atoms with Gasteiger partial charge in [0, 0.05) is 50.9 Å². The standard InChI is InChI=1S/C23H34N8O/c1-18-28-29-22(30(18)2)17-26-23(24-9-5-11-31-12-14-32-15-13-31)25-10-8-20-16-19-6-3-4-7-21(19)27-20/h3-4,6-7,16,27H,5,8-15,17H2,1-2H3,(H2,24,25,26). The van der Waals surface area contributed by atoms with Crippen LogP contribution in [0.15, 0.2) is 35.3 Å². The van der Waals surface area contributed by atoms with E-state index in [9.17, 15) is 0 Å². The van der Waals surface area contributed by atoms with Gasteiger partial charge in [-0.3, -0.25) is 4.90 Å². The number of para-hydroxylation sites is 1. The summed E-state index contributed by atoms with van der Waals surface area (Å²) in [4.78, 5) is 10.7. The normalized spacial score (nSPS) is 15.4. The molecule has 3 N–H and O–H groups in total. The van der Waals surface area contributed by atoms with E-state index in [2.05, 4.69) is 61.0 Å². The molecule has 0 bridgehead atoms. The van der Waals surface area contributed by atoms with E-state index in [0.29, 0.717) is 6.54 Å². The average molecular weight is 439 g/mol. The molecule has 1 saturated heterocycles. The molecule has 3 aromatic rings. The lowest BCUT2D eigenvalue weighted by atomic mass is 10.2. The summed E-state index contributed by atoms with van der Waals surface area (Å²) in [5.74, 6) is 2.55. The highest BCUT2D eigenvalue weighted by Gasteiger charge is 2.10. The van der Waals surface area contributed by atoms with Gasteiger partial charge in [-0.25, -0.2) is 4.99 Å². The van der Waals surface area contributed by atoms with Gasteiger partial charge in [0.2, 0.25) is 0 Å². The van der Waals surface area contributed by atoms with Crippen LogP contribution in [0.2, 0.25) is 0 Å². The van der Waals surface area contributed by atoms with E-state index in [4.69, 9.17) is 9.73 Å². The Morgan fingerprint density at radius 2 is 1.97 bits per heavy atom. The van der Waals surface area contributed by atoms with Gasteiger partial charge in [0.05, 0.1) is 13.2 Å². The number of aliphatic imine (C=N–C) groups is 1. The number of nitrogens with zero attached hydrogens (tertiary/aromatic N) is 5. The molecule has 4 rings (SSSR count). The topological polar surface area (TPSA) is 95.4 Å². The van der Waals surface area contributed by atoms with Crippen molar-refractivity contribution in [3.05, 3.63) is 47.7 Å². The van der Waals surface area contributed by atoms with Crippen LogP contribution in [0, 0.1) is 6.92 Å². The summed E-state index contributed by atoms with van der Waals surface area (Å²) in [5, 5.41) is 16.6. The maximum Gasteiger partial charge on any atom is 0.191 e. The first kappa shape index (κ1) is 22.3. The monoisotopic (exact) mass is 438 g/mol. The second-order valence-corrected chi connectivity index (χ2v) is 8.18. The molecule has 0 aliphatic carbocycles. The molecule has 1 aliphatic rings. The zero-order valence-corrected chi connectivity index (χ0v) is 19.1. The maximum atomic E-state index is 5.43. The molecule has 0 radical (unpaired) electrons. The first-order valence-corrected chi connectivity index (χ1v) is 11.4. The quantitative estimate of drug-likeness (QED) is 0.267. The Kier molecular flexibility index (Phi) is 7.73. The number of guanidine groups is 1. The Morgan fingerprint density at radius 3 is 2.75 bits per heavy atom. The Balaban J connectivity index is 1.30. The first-order valence-electron chi connectivity index (χ1n) is 11.4. The van der Waals surface area contributed by atoms with E-state index in [1.807, 2.05) is 18.5 Å². The molecule has 1 fully saturated rings. The minimum absolute atomic E-state index is 0.489. The van der Waals surface area contributed by atoms with Crippen LogP contribution in [0.1, 0.15) is 23.8 Å². The van der Waals surface area contributed by atoms with E-state index in [1.54, 1.807) is 0 Å². The third-order valence-electron chi connectivity index (χ3n) is 5.88. The van der Waals surface area contributed by atoms with Crippen LogP contribution in [0.3, 0.4) is 0 Å². The number of morpholine rings is 1. The van der Waals surface area contributed by atoms with Crippen molar-refractivity contribution in [3.63, 3.8) is 0 Å². The van der Waals surface area contributed by atoms with Crippen molar-refractivity contribution in [2.75, 3.05) is 45.9 Å². The van der Waals surface area contributed by atoms with E-state index in [0.717, 1.165) is 76.4 Å². The fraction of sp³-hybridized carbons (Fsp3) is 0.522. The maximum absolute atomic E-state index is 5.43. The Labute approximate surface area is 189 Å². The van der Waals surface area contributed by atoms with Gasteiger partial charge < -0.3 is 24.9 Å². The number of H-pyrrole nitrogens is 1. The molecule has 0 unspecified atom stereocenters. The minimum atomic E-state index is 0.489. The van der Waals surface area contributed by atoms with Crippen LogP contribution >= 0.6 is 0 Å². The number of fused-ring (bicyclic) bond motifs is 1. The zero-order chi connectivity index (χ0) is 22.2. The zero-order valence-electron chi connectivity index (χ0n) is 19.1. The summed E-state index contributed by atoms with van der Waals surface area (Å²) in [6.07, 6.45) is 1.96. The molecule has 3 heterocycles. The second kappa shape index (κ2) is 11.1. The molecule has 32 heavy (non-hydrogen) atoms. The highest BCUT2D eigenvalue weighted by molar-refractivity contribution is 5.81. The highest BCUT2D eigenvalue weighted by Crippen LogP contribution is 2.14. The van der Waals surface area contributed by atoms with Gasteiger partial charge in [-0.2, -0.15) is 0 Å². The van der Waals surface area contributed by atoms with E-state index < -0.39 is 0 Å². The smallest absolute Gasteiger partial charge is 0.191 e. The third kappa shape index (κ3) is 6.08. The SMILES string of the molecule is Cc1nnc(CN=C(NCCCN2CCOCC2)NCCc2cc3ccccc3[nH]2)n1C. The fourth-order valence-corrected chi connectivity index (χ4v) is 3.83. The number of aromatic amines is 1. The second-order valence-electron chi connectivity index (χ2n) is 8.18. The summed E-state index contributed by atoms with van der Waals surface area (Å²) >= 11 is 0. The number of aryl methyl sites for hydroxylation is 1. The predicted octanol–water partition coefficient (Wildman–Crippen LogP) is 1.61. The Morgan fingerprint density at radius 1 is 1.16 bits per heavy atom. The predicted molar refractivity (Wildman–Crippen MR) is 127 cm³/mol. The third-order valence-corrected chi connectivity index (χ3v) is 5.88. The minimum Gasteiger partial charge on any atom is -0.379 e. The lowest BCUT2D eigenvalue weighted by Gasteiger charge is -2.26. The van der Waals surface area contributed by atoms with Crippen molar-refractivity contribution in [2.45, 2.75) is 26.3 Å². The van der Waals surface area contributed by atoms with E-state index >= 15 is 0 Å². The Bertz CT molecular complexity index is 985. The largest absolute Gasteiger partial charge is 0.379 e. The van der Waals surface area contributed by atoms with Crippen molar-refractivity contribution >= 4 is 16.9 Å². The van der Waals surface area contributed by atoms with Crippen molar-refractivity contribution in [1.29, 1.82) is 0 Å². The lowest BCUT2D eigenvalue weighted by molar-refractivity contribution is 0.0376. The number of ether oxygens (including phenoxy) is 1. The highest BCUT2D eigenvalue weighted by atomic mass is 16.5. The molecule has 0 saturated carbocycles. The number of benzene rings is 1. The van der Waals surface area contributed by atoms with Gasteiger partial charge in [-0.05, 0) is 37.4 Å².